The van der Waals surface area contributed by atoms with Gasteiger partial charge in [0.05, 0.1) is 18.3 Å². The monoisotopic (exact) mass is 204 g/mol. The number of aromatic nitrogens is 2. The highest BCUT2D eigenvalue weighted by atomic mass is 15.4. The van der Waals surface area contributed by atoms with Crippen molar-refractivity contribution in [1.82, 2.24) is 14.7 Å². The minimum Gasteiger partial charge on any atom is -0.299 e. The van der Waals surface area contributed by atoms with Gasteiger partial charge in [0.1, 0.15) is 0 Å². The number of likely N-dealkylation sites (tertiary alicyclic amines) is 1. The van der Waals surface area contributed by atoms with E-state index < -0.39 is 0 Å². The molecule has 0 N–H and O–H groups in total. The SMILES string of the molecule is Cc1cnn(C2CN(CCCC#N)C2)c1. The lowest BCUT2D eigenvalue weighted by atomic mass is 10.1. The van der Waals surface area contributed by atoms with Gasteiger partial charge in [0, 0.05) is 25.7 Å². The van der Waals surface area contributed by atoms with Crippen LogP contribution in [0.2, 0.25) is 0 Å². The molecule has 1 aliphatic heterocycles. The molecule has 0 aliphatic carbocycles. The molecule has 2 rings (SSSR count). The fourth-order valence-corrected chi connectivity index (χ4v) is 1.91. The molecule has 2 heterocycles. The Kier molecular flexibility index (Phi) is 3.02. The van der Waals surface area contributed by atoms with Gasteiger partial charge >= 0.3 is 0 Å². The maximum absolute atomic E-state index is 8.42. The molecule has 4 heteroatoms. The Morgan fingerprint density at radius 2 is 2.40 bits per heavy atom. The van der Waals surface area contributed by atoms with Crippen LogP contribution in [0.25, 0.3) is 0 Å². The van der Waals surface area contributed by atoms with E-state index >= 15 is 0 Å². The number of aryl methyl sites for hydroxylation is 1. The highest BCUT2D eigenvalue weighted by Crippen LogP contribution is 2.20. The third kappa shape index (κ3) is 2.37. The molecule has 80 valence electrons. The number of nitrogens with zero attached hydrogens (tertiary/aromatic N) is 4. The lowest BCUT2D eigenvalue weighted by Crippen LogP contribution is -2.48. The molecule has 4 nitrogen and oxygen atoms in total. The van der Waals surface area contributed by atoms with Crippen molar-refractivity contribution in [3.05, 3.63) is 18.0 Å². The Labute approximate surface area is 90.1 Å². The van der Waals surface area contributed by atoms with Crippen molar-refractivity contribution in [2.75, 3.05) is 19.6 Å². The highest BCUT2D eigenvalue weighted by molar-refractivity contribution is 5.02. The van der Waals surface area contributed by atoms with E-state index in [4.69, 9.17) is 5.26 Å². The van der Waals surface area contributed by atoms with E-state index in [-0.39, 0.29) is 0 Å². The van der Waals surface area contributed by atoms with Crippen molar-refractivity contribution in [2.24, 2.45) is 0 Å². The lowest BCUT2D eigenvalue weighted by Gasteiger charge is -2.39. The van der Waals surface area contributed by atoms with Crippen molar-refractivity contribution in [3.8, 4) is 6.07 Å². The highest BCUT2D eigenvalue weighted by Gasteiger charge is 2.27. The molecule has 0 atom stereocenters. The fourth-order valence-electron chi connectivity index (χ4n) is 1.91. The minimum atomic E-state index is 0.542. The van der Waals surface area contributed by atoms with Crippen LogP contribution in [0.15, 0.2) is 12.4 Å². The van der Waals surface area contributed by atoms with Crippen molar-refractivity contribution < 1.29 is 0 Å². The number of rotatable bonds is 4. The topological polar surface area (TPSA) is 44.9 Å². The van der Waals surface area contributed by atoms with E-state index in [0.29, 0.717) is 12.5 Å². The van der Waals surface area contributed by atoms with Gasteiger partial charge in [-0.15, -0.1) is 0 Å². The average Bonchev–Trinajstić information content (AvgIpc) is 2.56. The van der Waals surface area contributed by atoms with Crippen molar-refractivity contribution >= 4 is 0 Å². The van der Waals surface area contributed by atoms with Gasteiger partial charge in [-0.05, 0) is 25.5 Å². The van der Waals surface area contributed by atoms with E-state index in [1.165, 1.54) is 5.56 Å². The molecule has 0 saturated carbocycles. The van der Waals surface area contributed by atoms with Crippen LogP contribution in [0.5, 0.6) is 0 Å². The molecular weight excluding hydrogens is 188 g/mol. The number of hydrogen-bond acceptors (Lipinski definition) is 3. The van der Waals surface area contributed by atoms with Crippen LogP contribution in [0, 0.1) is 18.3 Å². The first-order chi connectivity index (χ1) is 7.29. The third-order valence-corrected chi connectivity index (χ3v) is 2.81. The second-order valence-corrected chi connectivity index (χ2v) is 4.17. The van der Waals surface area contributed by atoms with Crippen molar-refractivity contribution in [3.63, 3.8) is 0 Å². The molecule has 1 aromatic heterocycles. The summed E-state index contributed by atoms with van der Waals surface area (Å²) in [6.07, 6.45) is 5.65. The average molecular weight is 204 g/mol. The van der Waals surface area contributed by atoms with Crippen LogP contribution in [-0.4, -0.2) is 34.3 Å². The zero-order valence-electron chi connectivity index (χ0n) is 9.06. The summed E-state index contributed by atoms with van der Waals surface area (Å²) in [5.41, 5.74) is 1.22. The van der Waals surface area contributed by atoms with Crippen LogP contribution < -0.4 is 0 Å². The Hall–Kier alpha value is -1.34. The first-order valence-corrected chi connectivity index (χ1v) is 5.39. The van der Waals surface area contributed by atoms with Crippen molar-refractivity contribution in [2.45, 2.75) is 25.8 Å². The second-order valence-electron chi connectivity index (χ2n) is 4.17. The molecule has 1 aliphatic rings. The molecule has 0 aromatic carbocycles. The third-order valence-electron chi connectivity index (χ3n) is 2.81. The molecule has 1 saturated heterocycles. The molecule has 0 unspecified atom stereocenters. The van der Waals surface area contributed by atoms with Gasteiger partial charge in [0.15, 0.2) is 0 Å². The normalized spacial score (nSPS) is 17.3. The summed E-state index contributed by atoms with van der Waals surface area (Å²) in [6.45, 7) is 5.26. The first kappa shape index (κ1) is 10.2. The molecule has 1 fully saturated rings. The zero-order chi connectivity index (χ0) is 10.7. The van der Waals surface area contributed by atoms with Gasteiger partial charge in [-0.3, -0.25) is 9.58 Å². The van der Waals surface area contributed by atoms with Gasteiger partial charge in [-0.25, -0.2) is 0 Å². The Bertz CT molecular complexity index is 357. The predicted molar refractivity (Wildman–Crippen MR) is 57.3 cm³/mol. The predicted octanol–water partition coefficient (Wildman–Crippen LogP) is 1.35. The molecule has 0 spiro atoms. The van der Waals surface area contributed by atoms with Gasteiger partial charge < -0.3 is 0 Å². The Balaban J connectivity index is 1.72. The summed E-state index contributed by atoms with van der Waals surface area (Å²) in [5.74, 6) is 0. The van der Waals surface area contributed by atoms with Crippen LogP contribution in [0.4, 0.5) is 0 Å². The second kappa shape index (κ2) is 4.45. The molecule has 0 amide bonds. The van der Waals surface area contributed by atoms with Crippen LogP contribution in [0.3, 0.4) is 0 Å². The fraction of sp³-hybridized carbons (Fsp3) is 0.636. The van der Waals surface area contributed by atoms with Crippen LogP contribution >= 0.6 is 0 Å². The van der Waals surface area contributed by atoms with E-state index in [2.05, 4.69) is 33.9 Å². The number of hydrogen-bond donors (Lipinski definition) is 0. The maximum Gasteiger partial charge on any atom is 0.0772 e. The Morgan fingerprint density at radius 1 is 1.60 bits per heavy atom. The summed E-state index contributed by atoms with van der Waals surface area (Å²) in [7, 11) is 0. The summed E-state index contributed by atoms with van der Waals surface area (Å²) in [4.78, 5) is 2.37. The molecule has 0 bridgehead atoms. The van der Waals surface area contributed by atoms with Gasteiger partial charge in [-0.1, -0.05) is 0 Å². The van der Waals surface area contributed by atoms with Crippen LogP contribution in [-0.2, 0) is 0 Å². The van der Waals surface area contributed by atoms with Gasteiger partial charge in [0.2, 0.25) is 0 Å². The molecule has 15 heavy (non-hydrogen) atoms. The lowest BCUT2D eigenvalue weighted by molar-refractivity contribution is 0.0978. The van der Waals surface area contributed by atoms with Gasteiger partial charge in [-0.2, -0.15) is 10.4 Å². The largest absolute Gasteiger partial charge is 0.299 e. The Morgan fingerprint density at radius 3 is 3.00 bits per heavy atom. The zero-order valence-corrected chi connectivity index (χ0v) is 9.06. The minimum absolute atomic E-state index is 0.542. The van der Waals surface area contributed by atoms with E-state index in [1.807, 2.05) is 6.20 Å². The van der Waals surface area contributed by atoms with E-state index in [1.54, 1.807) is 0 Å². The number of unbranched alkanes of at least 4 members (excludes halogenated alkanes) is 1. The number of nitriles is 1. The smallest absolute Gasteiger partial charge is 0.0772 e. The summed E-state index contributed by atoms with van der Waals surface area (Å²) < 4.78 is 2.05. The standard InChI is InChI=1S/C11H16N4/c1-10-6-13-15(7-10)11-8-14(9-11)5-3-2-4-12/h6-7,11H,2-3,5,8-9H2,1H3. The summed E-state index contributed by atoms with van der Waals surface area (Å²) in [5, 5.41) is 12.7. The van der Waals surface area contributed by atoms with Crippen molar-refractivity contribution in [1.29, 1.82) is 5.26 Å². The molecular formula is C11H16N4. The quantitative estimate of drug-likeness (QED) is 0.695. The summed E-state index contributed by atoms with van der Waals surface area (Å²) >= 11 is 0. The molecule has 1 aromatic rings. The summed E-state index contributed by atoms with van der Waals surface area (Å²) in [6, 6.07) is 2.72. The first-order valence-electron chi connectivity index (χ1n) is 5.39. The molecule has 0 radical (unpaired) electrons. The van der Waals surface area contributed by atoms with Crippen LogP contribution in [0.1, 0.15) is 24.4 Å². The van der Waals surface area contributed by atoms with E-state index in [9.17, 15) is 0 Å². The van der Waals surface area contributed by atoms with E-state index in [0.717, 1.165) is 26.1 Å². The van der Waals surface area contributed by atoms with Gasteiger partial charge in [0.25, 0.3) is 0 Å². The maximum atomic E-state index is 8.42.